The highest BCUT2D eigenvalue weighted by molar-refractivity contribution is 5.88. The van der Waals surface area contributed by atoms with Crippen LogP contribution in [0.2, 0.25) is 0 Å². The van der Waals surface area contributed by atoms with Gasteiger partial charge >= 0.3 is 5.97 Å². The highest BCUT2D eigenvalue weighted by atomic mass is 16.4. The Morgan fingerprint density at radius 1 is 1.08 bits per heavy atom. The van der Waals surface area contributed by atoms with Gasteiger partial charge in [-0.15, -0.1) is 0 Å². The first-order valence-electron chi connectivity index (χ1n) is 9.72. The SMILES string of the molecule is CCCCCCCCCCC[C@H]1Cc2cc(C(=O)O)ccc2N1C. The topological polar surface area (TPSA) is 40.5 Å². The van der Waals surface area contributed by atoms with Crippen molar-refractivity contribution in [1.82, 2.24) is 0 Å². The van der Waals surface area contributed by atoms with Crippen LogP contribution in [0.3, 0.4) is 0 Å². The first-order chi connectivity index (χ1) is 11.6. The quantitative estimate of drug-likeness (QED) is 0.531. The number of aromatic carboxylic acids is 1. The monoisotopic (exact) mass is 331 g/mol. The van der Waals surface area contributed by atoms with Crippen molar-refractivity contribution < 1.29 is 9.90 Å². The second kappa shape index (κ2) is 9.71. The highest BCUT2D eigenvalue weighted by Gasteiger charge is 2.26. The van der Waals surface area contributed by atoms with E-state index in [1.54, 1.807) is 6.07 Å². The number of unbranched alkanes of at least 4 members (excludes halogenated alkanes) is 8. The number of benzene rings is 1. The predicted molar refractivity (Wildman–Crippen MR) is 101 cm³/mol. The number of fused-ring (bicyclic) bond motifs is 1. The molecule has 1 atom stereocenters. The Labute approximate surface area is 147 Å². The van der Waals surface area contributed by atoms with Crippen LogP contribution < -0.4 is 4.90 Å². The zero-order valence-electron chi connectivity index (χ0n) is 15.4. The Bertz CT molecular complexity index is 527. The Kier molecular flexibility index (Phi) is 7.61. The van der Waals surface area contributed by atoms with Gasteiger partial charge in [0.1, 0.15) is 0 Å². The maximum absolute atomic E-state index is 11.1. The van der Waals surface area contributed by atoms with Crippen LogP contribution in [0.15, 0.2) is 18.2 Å². The Balaban J connectivity index is 1.65. The van der Waals surface area contributed by atoms with E-state index < -0.39 is 5.97 Å². The fourth-order valence-corrected chi connectivity index (χ4v) is 3.80. The van der Waals surface area contributed by atoms with E-state index in [1.165, 1.54) is 75.5 Å². The van der Waals surface area contributed by atoms with Gasteiger partial charge in [0, 0.05) is 18.8 Å². The number of carboxylic acids is 1. The summed E-state index contributed by atoms with van der Waals surface area (Å²) in [4.78, 5) is 13.4. The van der Waals surface area contributed by atoms with Gasteiger partial charge in [-0.3, -0.25) is 0 Å². The number of carboxylic acid groups (broad SMARTS) is 1. The molecule has 0 amide bonds. The van der Waals surface area contributed by atoms with Crippen molar-refractivity contribution >= 4 is 11.7 Å². The van der Waals surface area contributed by atoms with Crippen molar-refractivity contribution in [2.75, 3.05) is 11.9 Å². The average molecular weight is 332 g/mol. The molecule has 0 radical (unpaired) electrons. The fraction of sp³-hybridized carbons (Fsp3) is 0.667. The zero-order chi connectivity index (χ0) is 17.4. The number of carbonyl (C=O) groups is 1. The van der Waals surface area contributed by atoms with Gasteiger partial charge in [-0.05, 0) is 36.6 Å². The maximum Gasteiger partial charge on any atom is 0.335 e. The average Bonchev–Trinajstić information content (AvgIpc) is 2.89. The van der Waals surface area contributed by atoms with Crippen LogP contribution in [-0.2, 0) is 6.42 Å². The second-order valence-electron chi connectivity index (χ2n) is 7.23. The number of anilines is 1. The van der Waals surface area contributed by atoms with E-state index in [2.05, 4.69) is 18.9 Å². The minimum absolute atomic E-state index is 0.408. The van der Waals surface area contributed by atoms with Crippen molar-refractivity contribution in [2.24, 2.45) is 0 Å². The van der Waals surface area contributed by atoms with Crippen LogP contribution in [-0.4, -0.2) is 24.2 Å². The summed E-state index contributed by atoms with van der Waals surface area (Å²) in [6.07, 6.45) is 14.5. The molecule has 0 bridgehead atoms. The molecule has 0 fully saturated rings. The standard InChI is InChI=1S/C21H33NO2/c1-3-4-5-6-7-8-9-10-11-12-19-16-18-15-17(21(23)24)13-14-20(18)22(19)2/h13-15,19H,3-12,16H2,1-2H3,(H,23,24)/t19-/m0/s1. The smallest absolute Gasteiger partial charge is 0.335 e. The Hall–Kier alpha value is -1.51. The maximum atomic E-state index is 11.1. The summed E-state index contributed by atoms with van der Waals surface area (Å²) < 4.78 is 0. The molecule has 0 aromatic heterocycles. The van der Waals surface area contributed by atoms with Gasteiger partial charge in [-0.25, -0.2) is 4.79 Å². The molecule has 3 nitrogen and oxygen atoms in total. The number of hydrogen-bond acceptors (Lipinski definition) is 2. The molecule has 0 unspecified atom stereocenters. The molecule has 1 N–H and O–H groups in total. The number of nitrogens with zero attached hydrogens (tertiary/aromatic N) is 1. The summed E-state index contributed by atoms with van der Waals surface area (Å²) in [6, 6.07) is 6.08. The summed E-state index contributed by atoms with van der Waals surface area (Å²) >= 11 is 0. The summed E-state index contributed by atoms with van der Waals surface area (Å²) in [5.41, 5.74) is 2.81. The van der Waals surface area contributed by atoms with Crippen LogP contribution in [0.1, 0.15) is 87.1 Å². The summed E-state index contributed by atoms with van der Waals surface area (Å²) in [5.74, 6) is -0.831. The lowest BCUT2D eigenvalue weighted by Gasteiger charge is -2.22. The lowest BCUT2D eigenvalue weighted by atomic mass is 10.0. The lowest BCUT2D eigenvalue weighted by Crippen LogP contribution is -2.27. The van der Waals surface area contributed by atoms with E-state index in [0.29, 0.717) is 11.6 Å². The molecule has 1 aromatic carbocycles. The first kappa shape index (κ1) is 18.8. The second-order valence-corrected chi connectivity index (χ2v) is 7.23. The molecule has 1 aromatic rings. The molecular weight excluding hydrogens is 298 g/mol. The van der Waals surface area contributed by atoms with E-state index >= 15 is 0 Å². The Morgan fingerprint density at radius 3 is 2.33 bits per heavy atom. The van der Waals surface area contributed by atoms with Crippen LogP contribution in [0.5, 0.6) is 0 Å². The lowest BCUT2D eigenvalue weighted by molar-refractivity contribution is 0.0697. The molecule has 0 saturated carbocycles. The Morgan fingerprint density at radius 2 is 1.71 bits per heavy atom. The molecule has 0 saturated heterocycles. The van der Waals surface area contributed by atoms with Crippen LogP contribution in [0.25, 0.3) is 0 Å². The predicted octanol–water partition coefficient (Wildman–Crippen LogP) is 5.67. The van der Waals surface area contributed by atoms with Gasteiger partial charge in [0.25, 0.3) is 0 Å². The zero-order valence-corrected chi connectivity index (χ0v) is 15.4. The van der Waals surface area contributed by atoms with Gasteiger partial charge in [0.2, 0.25) is 0 Å². The molecule has 0 spiro atoms. The highest BCUT2D eigenvalue weighted by Crippen LogP contribution is 2.33. The molecule has 2 rings (SSSR count). The number of likely N-dealkylation sites (N-methyl/N-ethyl adjacent to an activating group) is 1. The van der Waals surface area contributed by atoms with Crippen molar-refractivity contribution in [3.63, 3.8) is 0 Å². The molecule has 24 heavy (non-hydrogen) atoms. The van der Waals surface area contributed by atoms with E-state index in [4.69, 9.17) is 5.11 Å². The van der Waals surface area contributed by atoms with E-state index in [9.17, 15) is 4.79 Å². The summed E-state index contributed by atoms with van der Waals surface area (Å²) in [6.45, 7) is 2.26. The number of hydrogen-bond donors (Lipinski definition) is 1. The summed E-state index contributed by atoms with van der Waals surface area (Å²) in [5, 5.41) is 9.13. The molecule has 1 aliphatic rings. The number of rotatable bonds is 11. The van der Waals surface area contributed by atoms with E-state index in [-0.39, 0.29) is 0 Å². The molecular formula is C21H33NO2. The third-order valence-electron chi connectivity index (χ3n) is 5.35. The van der Waals surface area contributed by atoms with Crippen LogP contribution in [0, 0.1) is 0 Å². The summed E-state index contributed by atoms with van der Waals surface area (Å²) in [7, 11) is 2.14. The first-order valence-corrected chi connectivity index (χ1v) is 9.72. The normalized spacial score (nSPS) is 16.4. The van der Waals surface area contributed by atoms with Crippen molar-refractivity contribution in [3.8, 4) is 0 Å². The fourth-order valence-electron chi connectivity index (χ4n) is 3.80. The van der Waals surface area contributed by atoms with Crippen LogP contribution >= 0.6 is 0 Å². The largest absolute Gasteiger partial charge is 0.478 e. The molecule has 134 valence electrons. The van der Waals surface area contributed by atoms with Gasteiger partial charge in [0.05, 0.1) is 5.56 Å². The molecule has 1 aliphatic heterocycles. The van der Waals surface area contributed by atoms with Crippen molar-refractivity contribution in [1.29, 1.82) is 0 Å². The van der Waals surface area contributed by atoms with E-state index in [1.807, 2.05) is 12.1 Å². The third-order valence-corrected chi connectivity index (χ3v) is 5.35. The van der Waals surface area contributed by atoms with Gasteiger partial charge in [-0.2, -0.15) is 0 Å². The third kappa shape index (κ3) is 5.25. The molecule has 1 heterocycles. The minimum atomic E-state index is -0.831. The van der Waals surface area contributed by atoms with E-state index in [0.717, 1.165) is 6.42 Å². The molecule has 3 heteroatoms. The van der Waals surface area contributed by atoms with Gasteiger partial charge in [0.15, 0.2) is 0 Å². The molecule has 0 aliphatic carbocycles. The minimum Gasteiger partial charge on any atom is -0.478 e. The van der Waals surface area contributed by atoms with Gasteiger partial charge in [-0.1, -0.05) is 64.7 Å². The van der Waals surface area contributed by atoms with Crippen molar-refractivity contribution in [3.05, 3.63) is 29.3 Å². The van der Waals surface area contributed by atoms with Crippen LogP contribution in [0.4, 0.5) is 5.69 Å². The van der Waals surface area contributed by atoms with Gasteiger partial charge < -0.3 is 10.0 Å². The van der Waals surface area contributed by atoms with Crippen molar-refractivity contribution in [2.45, 2.75) is 83.6 Å².